The number of hydrogen-bond acceptors (Lipinski definition) is 4. The molecule has 0 radical (unpaired) electrons. The first kappa shape index (κ1) is 12.5. The Balaban J connectivity index is 1.99. The van der Waals surface area contributed by atoms with Gasteiger partial charge in [-0.15, -0.1) is 0 Å². The molecular weight excluding hydrogens is 258 g/mol. The molecular formula is C15H13NO4. The Morgan fingerprint density at radius 1 is 1.25 bits per heavy atom. The summed E-state index contributed by atoms with van der Waals surface area (Å²) in [6, 6.07) is 9.20. The van der Waals surface area contributed by atoms with E-state index in [4.69, 9.17) is 14.6 Å². The van der Waals surface area contributed by atoms with Crippen molar-refractivity contribution in [2.75, 3.05) is 6.79 Å². The molecule has 20 heavy (non-hydrogen) atoms. The van der Waals surface area contributed by atoms with Crippen LogP contribution in [0.25, 0.3) is 0 Å². The number of benzene rings is 1. The monoisotopic (exact) mass is 271 g/mol. The summed E-state index contributed by atoms with van der Waals surface area (Å²) >= 11 is 0. The summed E-state index contributed by atoms with van der Waals surface area (Å²) in [5.41, 5.74) is 1.75. The fraction of sp³-hybridized carbons (Fsp3) is 0.200. The number of ether oxygens (including phenoxy) is 2. The van der Waals surface area contributed by atoms with Gasteiger partial charge in [-0.3, -0.25) is 9.78 Å². The molecule has 0 bridgehead atoms. The van der Waals surface area contributed by atoms with Gasteiger partial charge in [-0.25, -0.2) is 0 Å². The molecule has 1 unspecified atom stereocenters. The van der Waals surface area contributed by atoms with E-state index in [0.717, 1.165) is 11.1 Å². The van der Waals surface area contributed by atoms with Gasteiger partial charge >= 0.3 is 5.97 Å². The normalized spacial score (nSPS) is 14.0. The lowest BCUT2D eigenvalue weighted by Gasteiger charge is -2.16. The van der Waals surface area contributed by atoms with Crippen LogP contribution in [0.15, 0.2) is 42.7 Å². The largest absolute Gasteiger partial charge is 0.481 e. The Morgan fingerprint density at radius 3 is 2.85 bits per heavy atom. The van der Waals surface area contributed by atoms with Crippen LogP contribution in [0.1, 0.15) is 23.5 Å². The van der Waals surface area contributed by atoms with Crippen LogP contribution in [0.4, 0.5) is 0 Å². The molecule has 0 saturated carbocycles. The van der Waals surface area contributed by atoms with Gasteiger partial charge in [0.15, 0.2) is 11.5 Å². The second-order valence-electron chi connectivity index (χ2n) is 4.55. The minimum absolute atomic E-state index is 0.00529. The number of hydrogen-bond donors (Lipinski definition) is 1. The minimum Gasteiger partial charge on any atom is -0.481 e. The van der Waals surface area contributed by atoms with E-state index in [0.29, 0.717) is 11.5 Å². The van der Waals surface area contributed by atoms with E-state index in [9.17, 15) is 4.79 Å². The second-order valence-corrected chi connectivity index (χ2v) is 4.55. The van der Waals surface area contributed by atoms with Crippen LogP contribution in [0, 0.1) is 0 Å². The Labute approximate surface area is 115 Å². The summed E-state index contributed by atoms with van der Waals surface area (Å²) < 4.78 is 10.6. The van der Waals surface area contributed by atoms with E-state index in [1.807, 2.05) is 24.3 Å². The van der Waals surface area contributed by atoms with Crippen LogP contribution in [-0.4, -0.2) is 22.9 Å². The van der Waals surface area contributed by atoms with Gasteiger partial charge in [0.25, 0.3) is 0 Å². The molecule has 0 fully saturated rings. The van der Waals surface area contributed by atoms with E-state index in [1.54, 1.807) is 18.5 Å². The van der Waals surface area contributed by atoms with E-state index in [2.05, 4.69) is 4.98 Å². The highest BCUT2D eigenvalue weighted by Gasteiger charge is 2.21. The van der Waals surface area contributed by atoms with E-state index in [-0.39, 0.29) is 19.1 Å². The molecule has 5 nitrogen and oxygen atoms in total. The van der Waals surface area contributed by atoms with Crippen LogP contribution < -0.4 is 9.47 Å². The fourth-order valence-corrected chi connectivity index (χ4v) is 2.31. The highest BCUT2D eigenvalue weighted by atomic mass is 16.7. The standard InChI is InChI=1S/C15H13NO4/c17-15(18)7-12(11-2-1-5-16-8-11)10-3-4-13-14(6-10)20-9-19-13/h1-6,8,12H,7,9H2,(H,17,18). The van der Waals surface area contributed by atoms with Crippen molar-refractivity contribution >= 4 is 5.97 Å². The maximum Gasteiger partial charge on any atom is 0.304 e. The molecule has 0 saturated heterocycles. The minimum atomic E-state index is -0.850. The van der Waals surface area contributed by atoms with Crippen molar-refractivity contribution in [3.05, 3.63) is 53.9 Å². The van der Waals surface area contributed by atoms with Crippen molar-refractivity contribution in [2.24, 2.45) is 0 Å². The average molecular weight is 271 g/mol. The number of aliphatic carboxylic acids is 1. The predicted octanol–water partition coefficient (Wildman–Crippen LogP) is 2.42. The molecule has 102 valence electrons. The molecule has 1 aliphatic heterocycles. The molecule has 1 atom stereocenters. The number of pyridine rings is 1. The third-order valence-corrected chi connectivity index (χ3v) is 3.26. The van der Waals surface area contributed by atoms with Crippen LogP contribution in [-0.2, 0) is 4.79 Å². The highest BCUT2D eigenvalue weighted by molar-refractivity contribution is 5.69. The molecule has 5 heteroatoms. The predicted molar refractivity (Wildman–Crippen MR) is 70.9 cm³/mol. The maximum atomic E-state index is 11.1. The van der Waals surface area contributed by atoms with E-state index >= 15 is 0 Å². The summed E-state index contributed by atoms with van der Waals surface area (Å²) in [6.45, 7) is 0.204. The van der Waals surface area contributed by atoms with Gasteiger partial charge in [0.2, 0.25) is 6.79 Å². The molecule has 0 spiro atoms. The number of rotatable bonds is 4. The number of fused-ring (bicyclic) bond motifs is 1. The van der Waals surface area contributed by atoms with Crippen molar-refractivity contribution in [3.8, 4) is 11.5 Å². The molecule has 0 amide bonds. The van der Waals surface area contributed by atoms with Gasteiger partial charge in [0.1, 0.15) is 0 Å². The molecule has 1 aromatic heterocycles. The summed E-state index contributed by atoms with van der Waals surface area (Å²) in [5.74, 6) is 0.239. The van der Waals surface area contributed by atoms with Crippen molar-refractivity contribution in [1.29, 1.82) is 0 Å². The van der Waals surface area contributed by atoms with E-state index < -0.39 is 5.97 Å². The third kappa shape index (κ3) is 2.42. The fourth-order valence-electron chi connectivity index (χ4n) is 2.31. The quantitative estimate of drug-likeness (QED) is 0.924. The van der Waals surface area contributed by atoms with Crippen molar-refractivity contribution in [3.63, 3.8) is 0 Å². The summed E-state index contributed by atoms with van der Waals surface area (Å²) in [5, 5.41) is 9.12. The highest BCUT2D eigenvalue weighted by Crippen LogP contribution is 2.37. The zero-order chi connectivity index (χ0) is 13.9. The SMILES string of the molecule is O=C(O)CC(c1cccnc1)c1ccc2c(c1)OCO2. The Bertz CT molecular complexity index is 627. The lowest BCUT2D eigenvalue weighted by molar-refractivity contribution is -0.137. The molecule has 1 aliphatic rings. The second kappa shape index (κ2) is 5.21. The smallest absolute Gasteiger partial charge is 0.304 e. The van der Waals surface area contributed by atoms with Crippen molar-refractivity contribution in [2.45, 2.75) is 12.3 Å². The molecule has 1 aromatic carbocycles. The van der Waals surface area contributed by atoms with Crippen molar-refractivity contribution in [1.82, 2.24) is 4.98 Å². The number of carboxylic acid groups (broad SMARTS) is 1. The molecule has 2 aromatic rings. The van der Waals surface area contributed by atoms with Gasteiger partial charge < -0.3 is 14.6 Å². The molecule has 1 N–H and O–H groups in total. The van der Waals surface area contributed by atoms with Crippen LogP contribution in [0.5, 0.6) is 11.5 Å². The lowest BCUT2D eigenvalue weighted by atomic mass is 9.89. The first-order chi connectivity index (χ1) is 9.74. The molecule has 3 rings (SSSR count). The summed E-state index contributed by atoms with van der Waals surface area (Å²) in [6.07, 6.45) is 3.37. The van der Waals surface area contributed by atoms with Gasteiger partial charge in [-0.1, -0.05) is 12.1 Å². The maximum absolute atomic E-state index is 11.1. The Kier molecular flexibility index (Phi) is 3.25. The number of carboxylic acids is 1. The molecule has 0 aliphatic carbocycles. The van der Waals surface area contributed by atoms with E-state index in [1.165, 1.54) is 0 Å². The number of nitrogens with zero attached hydrogens (tertiary/aromatic N) is 1. The zero-order valence-corrected chi connectivity index (χ0v) is 10.7. The first-order valence-electron chi connectivity index (χ1n) is 6.25. The number of aromatic nitrogens is 1. The topological polar surface area (TPSA) is 68.7 Å². The van der Waals surface area contributed by atoms with Crippen LogP contribution in [0.2, 0.25) is 0 Å². The average Bonchev–Trinajstić information content (AvgIpc) is 2.93. The van der Waals surface area contributed by atoms with Crippen molar-refractivity contribution < 1.29 is 19.4 Å². The molecule has 2 heterocycles. The number of carbonyl (C=O) groups is 1. The van der Waals surface area contributed by atoms with Gasteiger partial charge in [-0.2, -0.15) is 0 Å². The Hall–Kier alpha value is -2.56. The van der Waals surface area contributed by atoms with Gasteiger partial charge in [-0.05, 0) is 29.3 Å². The lowest BCUT2D eigenvalue weighted by Crippen LogP contribution is -2.08. The van der Waals surface area contributed by atoms with Gasteiger partial charge in [0, 0.05) is 18.3 Å². The third-order valence-electron chi connectivity index (χ3n) is 3.26. The van der Waals surface area contributed by atoms with Gasteiger partial charge in [0.05, 0.1) is 6.42 Å². The first-order valence-corrected chi connectivity index (χ1v) is 6.25. The summed E-state index contributed by atoms with van der Waals surface area (Å²) in [7, 11) is 0. The zero-order valence-electron chi connectivity index (χ0n) is 10.7. The summed E-state index contributed by atoms with van der Waals surface area (Å²) in [4.78, 5) is 15.2. The Morgan fingerprint density at radius 2 is 2.10 bits per heavy atom. The van der Waals surface area contributed by atoms with Crippen LogP contribution in [0.3, 0.4) is 0 Å². The van der Waals surface area contributed by atoms with Crippen LogP contribution >= 0.6 is 0 Å².